The van der Waals surface area contributed by atoms with Crippen molar-refractivity contribution >= 4 is 5.97 Å². The molecule has 1 fully saturated rings. The average molecular weight is 212 g/mol. The van der Waals surface area contributed by atoms with Gasteiger partial charge in [-0.3, -0.25) is 0 Å². The van der Waals surface area contributed by atoms with Crippen molar-refractivity contribution in [2.75, 3.05) is 32.8 Å². The van der Waals surface area contributed by atoms with Crippen LogP contribution in [-0.4, -0.2) is 43.2 Å². The molecule has 3 nitrogen and oxygen atoms in total. The molecule has 1 saturated heterocycles. The number of piperidine rings is 1. The molecule has 0 saturated carbocycles. The van der Waals surface area contributed by atoms with Gasteiger partial charge in [0.15, 0.2) is 0 Å². The summed E-state index contributed by atoms with van der Waals surface area (Å²) < 4.78 is 6.16. The zero-order valence-corrected chi connectivity index (χ0v) is 9.71. The lowest BCUT2D eigenvalue weighted by atomic mass is 10.1. The summed E-state index contributed by atoms with van der Waals surface area (Å²) in [6.07, 6.45) is 5.20. The van der Waals surface area contributed by atoms with Crippen LogP contribution in [0.2, 0.25) is 0 Å². The van der Waals surface area contributed by atoms with Gasteiger partial charge >= 0.3 is 5.97 Å². The number of likely N-dealkylation sites (N-methyl/N-ethyl adjacent to an activating group) is 1. The summed E-state index contributed by atoms with van der Waals surface area (Å²) in [5, 5.41) is 0. The van der Waals surface area contributed by atoms with Crippen LogP contribution in [0.25, 0.3) is 0 Å². The maximum Gasteiger partial charge on any atom is 0.330 e. The Morgan fingerprint density at radius 2 is 2.07 bits per heavy atom. The van der Waals surface area contributed by atoms with Crippen LogP contribution in [0.1, 0.15) is 26.2 Å². The molecule has 0 atom stereocenters. The van der Waals surface area contributed by atoms with E-state index in [1.54, 1.807) is 0 Å². The lowest BCUT2D eigenvalue weighted by Gasteiger charge is -2.40. The van der Waals surface area contributed by atoms with E-state index in [9.17, 15) is 4.79 Å². The molecule has 0 aromatic heterocycles. The molecule has 0 N–H and O–H groups in total. The summed E-state index contributed by atoms with van der Waals surface area (Å²) in [5.41, 5.74) is 0. The molecule has 0 spiro atoms. The summed E-state index contributed by atoms with van der Waals surface area (Å²) in [6, 6.07) is 0. The highest BCUT2D eigenvalue weighted by Gasteiger charge is 2.27. The molecule has 1 aliphatic rings. The number of hydrogen-bond acceptors (Lipinski definition) is 2. The van der Waals surface area contributed by atoms with E-state index >= 15 is 0 Å². The van der Waals surface area contributed by atoms with E-state index in [2.05, 4.69) is 13.5 Å². The summed E-state index contributed by atoms with van der Waals surface area (Å²) in [7, 11) is 0. The number of likely N-dealkylation sites (tertiary alicyclic amines) is 1. The van der Waals surface area contributed by atoms with Crippen molar-refractivity contribution in [1.82, 2.24) is 0 Å². The van der Waals surface area contributed by atoms with Gasteiger partial charge in [0.05, 0.1) is 19.6 Å². The Labute approximate surface area is 92.3 Å². The van der Waals surface area contributed by atoms with Gasteiger partial charge in [-0.15, -0.1) is 0 Å². The molecule has 86 valence electrons. The summed E-state index contributed by atoms with van der Waals surface area (Å²) in [5.74, 6) is -0.304. The van der Waals surface area contributed by atoms with Crippen molar-refractivity contribution in [1.29, 1.82) is 0 Å². The third kappa shape index (κ3) is 3.67. The highest BCUT2D eigenvalue weighted by molar-refractivity contribution is 5.81. The van der Waals surface area contributed by atoms with Gasteiger partial charge in [-0.25, -0.2) is 4.79 Å². The van der Waals surface area contributed by atoms with Crippen LogP contribution in [0.4, 0.5) is 0 Å². The van der Waals surface area contributed by atoms with Crippen LogP contribution in [0.15, 0.2) is 12.7 Å². The average Bonchev–Trinajstić information content (AvgIpc) is 2.30. The van der Waals surface area contributed by atoms with Crippen molar-refractivity contribution in [2.24, 2.45) is 0 Å². The minimum absolute atomic E-state index is 0.304. The van der Waals surface area contributed by atoms with Crippen molar-refractivity contribution in [2.45, 2.75) is 26.2 Å². The molecule has 0 aliphatic carbocycles. The van der Waals surface area contributed by atoms with E-state index in [0.29, 0.717) is 6.61 Å². The Balaban J connectivity index is 2.32. The largest absolute Gasteiger partial charge is 0.457 e. The fourth-order valence-electron chi connectivity index (χ4n) is 2.28. The summed E-state index contributed by atoms with van der Waals surface area (Å²) in [6.45, 7) is 10.7. The number of carbonyl (C=O) groups excluding carboxylic acids is 1. The van der Waals surface area contributed by atoms with E-state index < -0.39 is 0 Å². The molecule has 0 unspecified atom stereocenters. The quantitative estimate of drug-likeness (QED) is 0.394. The molecule has 0 aromatic rings. The number of hydrogen-bond donors (Lipinski definition) is 0. The third-order valence-electron chi connectivity index (χ3n) is 3.41. The first kappa shape index (κ1) is 12.2. The van der Waals surface area contributed by atoms with Crippen LogP contribution in [0.3, 0.4) is 0 Å². The van der Waals surface area contributed by atoms with Crippen LogP contribution in [0, 0.1) is 0 Å². The monoisotopic (exact) mass is 212 g/mol. The number of carbonyl (C=O) groups is 1. The molecule has 1 aliphatic heterocycles. The molecule has 0 bridgehead atoms. The SMILES string of the molecule is C=CC(=O)OCC[N+]1(CC)CCCCC1. The van der Waals surface area contributed by atoms with Crippen LogP contribution in [0.5, 0.6) is 0 Å². The lowest BCUT2D eigenvalue weighted by Crippen LogP contribution is -2.53. The molecule has 15 heavy (non-hydrogen) atoms. The zero-order valence-electron chi connectivity index (χ0n) is 9.71. The molecule has 1 rings (SSSR count). The van der Waals surface area contributed by atoms with E-state index in [-0.39, 0.29) is 5.97 Å². The van der Waals surface area contributed by atoms with Gasteiger partial charge in [-0.2, -0.15) is 0 Å². The first-order valence-corrected chi connectivity index (χ1v) is 5.87. The molecule has 0 amide bonds. The first-order valence-electron chi connectivity index (χ1n) is 5.87. The molecule has 1 heterocycles. The van der Waals surface area contributed by atoms with Crippen LogP contribution >= 0.6 is 0 Å². The molecular formula is C12H22NO2+. The standard InChI is InChI=1S/C12H22NO2/c1-3-12(14)15-11-10-13(4-2)8-6-5-7-9-13/h3H,1,4-11H2,2H3/q+1. The predicted molar refractivity (Wildman–Crippen MR) is 60.4 cm³/mol. The predicted octanol–water partition coefficient (Wildman–Crippen LogP) is 1.74. The normalized spacial score (nSPS) is 19.5. The van der Waals surface area contributed by atoms with E-state index in [1.807, 2.05) is 0 Å². The molecule has 0 radical (unpaired) electrons. The van der Waals surface area contributed by atoms with Crippen LogP contribution in [-0.2, 0) is 9.53 Å². The summed E-state index contributed by atoms with van der Waals surface area (Å²) >= 11 is 0. The Morgan fingerprint density at radius 3 is 2.60 bits per heavy atom. The maximum atomic E-state index is 10.9. The van der Waals surface area contributed by atoms with Gasteiger partial charge in [0, 0.05) is 6.08 Å². The minimum atomic E-state index is -0.304. The summed E-state index contributed by atoms with van der Waals surface area (Å²) in [4.78, 5) is 10.9. The Hall–Kier alpha value is -0.830. The molecular weight excluding hydrogens is 190 g/mol. The van der Waals surface area contributed by atoms with Gasteiger partial charge in [-0.1, -0.05) is 6.58 Å². The van der Waals surface area contributed by atoms with Crippen molar-refractivity contribution in [3.63, 3.8) is 0 Å². The number of nitrogens with zero attached hydrogens (tertiary/aromatic N) is 1. The zero-order chi connectivity index (χ0) is 11.1. The number of rotatable bonds is 5. The topological polar surface area (TPSA) is 26.3 Å². The van der Waals surface area contributed by atoms with Crippen molar-refractivity contribution in [3.8, 4) is 0 Å². The number of esters is 1. The van der Waals surface area contributed by atoms with Gasteiger partial charge < -0.3 is 9.22 Å². The van der Waals surface area contributed by atoms with Gasteiger partial charge in [0.1, 0.15) is 13.2 Å². The van der Waals surface area contributed by atoms with Crippen molar-refractivity contribution in [3.05, 3.63) is 12.7 Å². The second-order valence-corrected chi connectivity index (χ2v) is 4.26. The fraction of sp³-hybridized carbons (Fsp3) is 0.750. The highest BCUT2D eigenvalue weighted by Crippen LogP contribution is 2.18. The first-order chi connectivity index (χ1) is 7.22. The Bertz CT molecular complexity index is 220. The smallest absolute Gasteiger partial charge is 0.330 e. The highest BCUT2D eigenvalue weighted by atomic mass is 16.5. The molecule has 0 aromatic carbocycles. The third-order valence-corrected chi connectivity index (χ3v) is 3.41. The maximum absolute atomic E-state index is 10.9. The Morgan fingerprint density at radius 1 is 1.40 bits per heavy atom. The fourth-order valence-corrected chi connectivity index (χ4v) is 2.28. The van der Waals surface area contributed by atoms with E-state index in [0.717, 1.165) is 17.6 Å². The second-order valence-electron chi connectivity index (χ2n) is 4.26. The van der Waals surface area contributed by atoms with Crippen LogP contribution < -0.4 is 0 Å². The second kappa shape index (κ2) is 5.91. The van der Waals surface area contributed by atoms with Gasteiger partial charge in [-0.05, 0) is 26.2 Å². The van der Waals surface area contributed by atoms with E-state index in [1.165, 1.54) is 38.4 Å². The Kier molecular flexibility index (Phi) is 4.82. The van der Waals surface area contributed by atoms with Gasteiger partial charge in [0.2, 0.25) is 0 Å². The molecule has 3 heteroatoms. The minimum Gasteiger partial charge on any atom is -0.457 e. The number of ether oxygens (including phenoxy) is 1. The van der Waals surface area contributed by atoms with Gasteiger partial charge in [0.25, 0.3) is 0 Å². The lowest BCUT2D eigenvalue weighted by molar-refractivity contribution is -0.930. The number of quaternary nitrogens is 1. The van der Waals surface area contributed by atoms with Crippen molar-refractivity contribution < 1.29 is 14.0 Å². The van der Waals surface area contributed by atoms with E-state index in [4.69, 9.17) is 4.74 Å².